The Hall–Kier alpha value is -2.73. The highest BCUT2D eigenvalue weighted by Crippen LogP contribution is 2.35. The van der Waals surface area contributed by atoms with Crippen LogP contribution >= 0.6 is 22.6 Å². The van der Waals surface area contributed by atoms with Crippen molar-refractivity contribution in [3.63, 3.8) is 0 Å². The van der Waals surface area contributed by atoms with Crippen molar-refractivity contribution in [3.05, 3.63) is 51.1 Å². The summed E-state index contributed by atoms with van der Waals surface area (Å²) in [5, 5.41) is 21.3. The van der Waals surface area contributed by atoms with E-state index >= 15 is 0 Å². The number of ether oxygens (including phenoxy) is 2. The number of aromatic hydroxyl groups is 1. The molecule has 0 radical (unpaired) electrons. The molecule has 0 saturated carbocycles. The molecule has 2 aromatic carbocycles. The Labute approximate surface area is 171 Å². The van der Waals surface area contributed by atoms with Gasteiger partial charge in [-0.15, -0.1) is 0 Å². The van der Waals surface area contributed by atoms with Crippen LogP contribution in [0.25, 0.3) is 6.08 Å². The minimum atomic E-state index is -0.542. The second-order valence-corrected chi connectivity index (χ2v) is 7.03. The van der Waals surface area contributed by atoms with Crippen molar-refractivity contribution in [2.75, 3.05) is 12.4 Å². The monoisotopic (exact) mass is 478 g/mol. The SMILES string of the molecule is COc1cc(/C=C(\C#N)C(=O)Nc2ccc(O)cc2)cc(I)c1OC(C)C. The first-order chi connectivity index (χ1) is 12.8. The predicted molar refractivity (Wildman–Crippen MR) is 112 cm³/mol. The van der Waals surface area contributed by atoms with Crippen molar-refractivity contribution >= 4 is 40.3 Å². The standard InChI is InChI=1S/C20H19IN2O4/c1-12(2)27-19-17(21)9-13(10-18(19)26-3)8-14(11-22)20(25)23-15-4-6-16(24)7-5-15/h4-10,12,24H,1-3H3,(H,23,25)/b14-8+. The molecule has 2 N–H and O–H groups in total. The maximum absolute atomic E-state index is 12.4. The molecule has 0 saturated heterocycles. The van der Waals surface area contributed by atoms with Crippen LogP contribution in [-0.2, 0) is 4.79 Å². The lowest BCUT2D eigenvalue weighted by Crippen LogP contribution is -2.13. The molecule has 0 spiro atoms. The van der Waals surface area contributed by atoms with Crippen LogP contribution in [0.5, 0.6) is 17.2 Å². The van der Waals surface area contributed by atoms with Gasteiger partial charge in [0.15, 0.2) is 11.5 Å². The minimum absolute atomic E-state index is 0.0143. The zero-order valence-electron chi connectivity index (χ0n) is 15.1. The normalized spacial score (nSPS) is 11.0. The van der Waals surface area contributed by atoms with Crippen LogP contribution in [0.3, 0.4) is 0 Å². The van der Waals surface area contributed by atoms with E-state index in [0.717, 1.165) is 3.57 Å². The molecule has 2 aromatic rings. The van der Waals surface area contributed by atoms with Crippen LogP contribution in [0.2, 0.25) is 0 Å². The van der Waals surface area contributed by atoms with Crippen LogP contribution < -0.4 is 14.8 Å². The number of phenols is 1. The Kier molecular flexibility index (Phi) is 7.07. The highest BCUT2D eigenvalue weighted by molar-refractivity contribution is 14.1. The quantitative estimate of drug-likeness (QED) is 0.279. The predicted octanol–water partition coefficient (Wildman–Crippen LogP) is 4.34. The third kappa shape index (κ3) is 5.62. The highest BCUT2D eigenvalue weighted by atomic mass is 127. The molecule has 0 aromatic heterocycles. The molecule has 0 aliphatic rings. The summed E-state index contributed by atoms with van der Waals surface area (Å²) < 4.78 is 12.0. The van der Waals surface area contributed by atoms with E-state index < -0.39 is 5.91 Å². The number of hydrogen-bond acceptors (Lipinski definition) is 5. The summed E-state index contributed by atoms with van der Waals surface area (Å²) in [4.78, 5) is 12.4. The van der Waals surface area contributed by atoms with Crippen molar-refractivity contribution in [3.8, 4) is 23.3 Å². The summed E-state index contributed by atoms with van der Waals surface area (Å²) >= 11 is 2.12. The van der Waals surface area contributed by atoms with Crippen LogP contribution in [0.15, 0.2) is 42.0 Å². The first kappa shape index (κ1) is 20.6. The van der Waals surface area contributed by atoms with Crippen molar-refractivity contribution in [1.29, 1.82) is 5.26 Å². The number of amides is 1. The summed E-state index contributed by atoms with van der Waals surface area (Å²) in [6.07, 6.45) is 1.47. The van der Waals surface area contributed by atoms with Crippen molar-refractivity contribution < 1.29 is 19.4 Å². The Balaban J connectivity index is 2.31. The van der Waals surface area contributed by atoms with E-state index in [2.05, 4.69) is 27.9 Å². The molecule has 2 rings (SSSR count). The maximum Gasteiger partial charge on any atom is 0.266 e. The summed E-state index contributed by atoms with van der Waals surface area (Å²) in [6.45, 7) is 3.84. The number of phenolic OH excluding ortho intramolecular Hbond substituents is 1. The molecule has 7 heteroatoms. The zero-order valence-corrected chi connectivity index (χ0v) is 17.3. The number of carbonyl (C=O) groups excluding carboxylic acids is 1. The fourth-order valence-electron chi connectivity index (χ4n) is 2.23. The average molecular weight is 478 g/mol. The van der Waals surface area contributed by atoms with Gasteiger partial charge >= 0.3 is 0 Å². The van der Waals surface area contributed by atoms with Crippen LogP contribution in [0.4, 0.5) is 5.69 Å². The third-order valence-electron chi connectivity index (χ3n) is 3.41. The maximum atomic E-state index is 12.4. The van der Waals surface area contributed by atoms with Crippen LogP contribution in [-0.4, -0.2) is 24.2 Å². The summed E-state index contributed by atoms with van der Waals surface area (Å²) in [5.74, 6) is 0.699. The Morgan fingerprint density at radius 2 is 1.96 bits per heavy atom. The van der Waals surface area contributed by atoms with Gasteiger partial charge in [-0.25, -0.2) is 0 Å². The molecular formula is C20H19IN2O4. The molecular weight excluding hydrogens is 459 g/mol. The first-order valence-electron chi connectivity index (χ1n) is 8.10. The molecule has 0 fully saturated rings. The molecule has 0 unspecified atom stereocenters. The van der Waals surface area contributed by atoms with E-state index in [-0.39, 0.29) is 17.4 Å². The Morgan fingerprint density at radius 3 is 2.52 bits per heavy atom. The van der Waals surface area contributed by atoms with E-state index in [0.29, 0.717) is 22.7 Å². The number of rotatable bonds is 6. The smallest absolute Gasteiger partial charge is 0.266 e. The lowest BCUT2D eigenvalue weighted by molar-refractivity contribution is -0.112. The molecule has 6 nitrogen and oxygen atoms in total. The fourth-order valence-corrected chi connectivity index (χ4v) is 2.98. The van der Waals surface area contributed by atoms with E-state index in [1.54, 1.807) is 18.2 Å². The van der Waals surface area contributed by atoms with E-state index in [1.807, 2.05) is 26.0 Å². The molecule has 0 aliphatic heterocycles. The molecule has 27 heavy (non-hydrogen) atoms. The van der Waals surface area contributed by atoms with Gasteiger partial charge in [0.2, 0.25) is 0 Å². The van der Waals surface area contributed by atoms with Crippen molar-refractivity contribution in [2.45, 2.75) is 20.0 Å². The largest absolute Gasteiger partial charge is 0.508 e. The molecule has 0 aliphatic carbocycles. The number of methoxy groups -OCH3 is 1. The second-order valence-electron chi connectivity index (χ2n) is 5.87. The molecule has 1 amide bonds. The third-order valence-corrected chi connectivity index (χ3v) is 4.21. The van der Waals surface area contributed by atoms with Gasteiger partial charge in [-0.2, -0.15) is 5.26 Å². The van der Waals surface area contributed by atoms with E-state index in [4.69, 9.17) is 9.47 Å². The lowest BCUT2D eigenvalue weighted by atomic mass is 10.1. The zero-order chi connectivity index (χ0) is 20.0. The van der Waals surface area contributed by atoms with Gasteiger partial charge in [0.25, 0.3) is 5.91 Å². The number of nitriles is 1. The van der Waals surface area contributed by atoms with Crippen molar-refractivity contribution in [1.82, 2.24) is 0 Å². The minimum Gasteiger partial charge on any atom is -0.508 e. The number of halogens is 1. The second kappa shape index (κ2) is 9.28. The molecule has 0 heterocycles. The van der Waals surface area contributed by atoms with Crippen LogP contribution in [0.1, 0.15) is 19.4 Å². The van der Waals surface area contributed by atoms with Gasteiger partial charge in [-0.05, 0) is 84.5 Å². The van der Waals surface area contributed by atoms with Gasteiger partial charge < -0.3 is 19.9 Å². The van der Waals surface area contributed by atoms with E-state index in [9.17, 15) is 15.2 Å². The fraction of sp³-hybridized carbons (Fsp3) is 0.200. The van der Waals surface area contributed by atoms with Gasteiger partial charge in [0, 0.05) is 5.69 Å². The number of anilines is 1. The number of carbonyl (C=O) groups is 1. The number of hydrogen-bond donors (Lipinski definition) is 2. The molecule has 0 bridgehead atoms. The number of nitrogens with one attached hydrogen (secondary N) is 1. The van der Waals surface area contributed by atoms with Gasteiger partial charge in [-0.3, -0.25) is 4.79 Å². The van der Waals surface area contributed by atoms with Gasteiger partial charge in [-0.1, -0.05) is 0 Å². The summed E-state index contributed by atoms with van der Waals surface area (Å²) in [5.41, 5.74) is 1.06. The summed E-state index contributed by atoms with van der Waals surface area (Å²) in [7, 11) is 1.54. The summed E-state index contributed by atoms with van der Waals surface area (Å²) in [6, 6.07) is 11.4. The van der Waals surface area contributed by atoms with E-state index in [1.165, 1.54) is 25.3 Å². The topological polar surface area (TPSA) is 91.6 Å². The Morgan fingerprint density at radius 1 is 1.30 bits per heavy atom. The average Bonchev–Trinajstić information content (AvgIpc) is 2.63. The molecule has 140 valence electrons. The molecule has 0 atom stereocenters. The number of benzene rings is 2. The van der Waals surface area contributed by atoms with Crippen molar-refractivity contribution in [2.24, 2.45) is 0 Å². The van der Waals surface area contributed by atoms with Gasteiger partial charge in [0.05, 0.1) is 16.8 Å². The first-order valence-corrected chi connectivity index (χ1v) is 9.18. The number of nitrogens with zero attached hydrogens (tertiary/aromatic N) is 1. The van der Waals surface area contributed by atoms with Crippen LogP contribution in [0, 0.1) is 14.9 Å². The highest BCUT2D eigenvalue weighted by Gasteiger charge is 2.15. The Bertz CT molecular complexity index is 899. The van der Waals surface area contributed by atoms with Gasteiger partial charge in [0.1, 0.15) is 17.4 Å². The lowest BCUT2D eigenvalue weighted by Gasteiger charge is -2.16.